The highest BCUT2D eigenvalue weighted by Crippen LogP contribution is 2.27. The lowest BCUT2D eigenvalue weighted by molar-refractivity contribution is -0.136. The number of amides is 3. The Kier molecular flexibility index (Phi) is 3.69. The average Bonchev–Trinajstić information content (AvgIpc) is 2.73. The lowest BCUT2D eigenvalue weighted by Gasteiger charge is -2.14. The third-order valence-electron chi connectivity index (χ3n) is 2.78. The fraction of sp³-hybridized carbons (Fsp3) is 0.154. The van der Waals surface area contributed by atoms with Crippen molar-refractivity contribution in [2.75, 3.05) is 13.1 Å². The van der Waals surface area contributed by atoms with Crippen LogP contribution in [0.2, 0.25) is 0 Å². The number of carbonyl (C=O) groups is 3. The van der Waals surface area contributed by atoms with Crippen molar-refractivity contribution in [2.45, 2.75) is 0 Å². The number of imide groups is 1. The first-order valence-electron chi connectivity index (χ1n) is 5.83. The van der Waals surface area contributed by atoms with Gasteiger partial charge in [-0.3, -0.25) is 19.3 Å². The number of nitrogens with one attached hydrogen (secondary N) is 1. The summed E-state index contributed by atoms with van der Waals surface area (Å²) in [7, 11) is 0. The van der Waals surface area contributed by atoms with E-state index in [0.29, 0.717) is 0 Å². The van der Waals surface area contributed by atoms with Gasteiger partial charge in [-0.2, -0.15) is 0 Å². The fourth-order valence-corrected chi connectivity index (χ4v) is 1.74. The van der Waals surface area contributed by atoms with Gasteiger partial charge in [-0.1, -0.05) is 6.07 Å². The molecule has 0 fully saturated rings. The summed E-state index contributed by atoms with van der Waals surface area (Å²) in [4.78, 5) is 35.3. The monoisotopic (exact) mass is 276 g/mol. The van der Waals surface area contributed by atoms with Gasteiger partial charge in [-0.15, -0.1) is 0 Å². The van der Waals surface area contributed by atoms with Crippen LogP contribution in [0.15, 0.2) is 30.4 Å². The second kappa shape index (κ2) is 5.43. The van der Waals surface area contributed by atoms with Gasteiger partial charge in [0.15, 0.2) is 11.5 Å². The first kappa shape index (κ1) is 13.6. The molecule has 3 N–H and O–H groups in total. The zero-order valence-corrected chi connectivity index (χ0v) is 10.4. The van der Waals surface area contributed by atoms with E-state index in [4.69, 9.17) is 0 Å². The van der Waals surface area contributed by atoms with E-state index in [1.54, 1.807) is 0 Å². The Bertz CT molecular complexity index is 591. The van der Waals surface area contributed by atoms with Gasteiger partial charge < -0.3 is 15.5 Å². The van der Waals surface area contributed by atoms with Gasteiger partial charge in [0.25, 0.3) is 17.7 Å². The second-order valence-corrected chi connectivity index (χ2v) is 4.09. The highest BCUT2D eigenvalue weighted by molar-refractivity contribution is 6.12. The number of carbonyl (C=O) groups excluding carboxylic acids is 3. The van der Waals surface area contributed by atoms with E-state index >= 15 is 0 Å². The highest BCUT2D eigenvalue weighted by atomic mass is 16.3. The van der Waals surface area contributed by atoms with Crippen molar-refractivity contribution >= 4 is 17.7 Å². The Morgan fingerprint density at radius 1 is 1.15 bits per heavy atom. The molecule has 104 valence electrons. The number of nitrogens with zero attached hydrogens (tertiary/aromatic N) is 1. The number of para-hydroxylation sites is 1. The standard InChI is InChI=1S/C13H12N2O5/c16-9-3-1-2-8(12(9)19)13(20)14-6-7-15-10(17)4-5-11(15)18/h1-5,16,19H,6-7H2,(H,14,20). The van der Waals surface area contributed by atoms with Crippen LogP contribution in [-0.2, 0) is 9.59 Å². The molecule has 0 spiro atoms. The Balaban J connectivity index is 1.91. The molecule has 7 nitrogen and oxygen atoms in total. The topological polar surface area (TPSA) is 107 Å². The highest BCUT2D eigenvalue weighted by Gasteiger charge is 2.23. The number of hydrogen-bond acceptors (Lipinski definition) is 5. The van der Waals surface area contributed by atoms with Crippen LogP contribution >= 0.6 is 0 Å². The minimum Gasteiger partial charge on any atom is -0.504 e. The molecule has 0 unspecified atom stereocenters. The van der Waals surface area contributed by atoms with Crippen molar-refractivity contribution in [1.82, 2.24) is 10.2 Å². The van der Waals surface area contributed by atoms with Crippen molar-refractivity contribution in [1.29, 1.82) is 0 Å². The summed E-state index contributed by atoms with van der Waals surface area (Å²) in [5, 5.41) is 21.3. The van der Waals surface area contributed by atoms with Crippen LogP contribution in [0, 0.1) is 0 Å². The van der Waals surface area contributed by atoms with E-state index in [0.717, 1.165) is 17.1 Å². The van der Waals surface area contributed by atoms with E-state index in [9.17, 15) is 24.6 Å². The molecule has 7 heteroatoms. The molecule has 2 rings (SSSR count). The fourth-order valence-electron chi connectivity index (χ4n) is 1.74. The predicted molar refractivity (Wildman–Crippen MR) is 68.0 cm³/mol. The minimum absolute atomic E-state index is 0.0377. The molecule has 0 aromatic heterocycles. The number of benzene rings is 1. The third-order valence-corrected chi connectivity index (χ3v) is 2.78. The Morgan fingerprint density at radius 2 is 1.80 bits per heavy atom. The zero-order valence-electron chi connectivity index (χ0n) is 10.4. The lowest BCUT2D eigenvalue weighted by atomic mass is 10.1. The molecular weight excluding hydrogens is 264 g/mol. The van der Waals surface area contributed by atoms with Gasteiger partial charge in [-0.25, -0.2) is 0 Å². The zero-order chi connectivity index (χ0) is 14.7. The van der Waals surface area contributed by atoms with Crippen LogP contribution < -0.4 is 5.32 Å². The first-order chi connectivity index (χ1) is 9.50. The summed E-state index contributed by atoms with van der Waals surface area (Å²) in [5.74, 6) is -2.37. The first-order valence-corrected chi connectivity index (χ1v) is 5.83. The summed E-state index contributed by atoms with van der Waals surface area (Å²) >= 11 is 0. The van der Waals surface area contributed by atoms with Crippen LogP contribution in [0.3, 0.4) is 0 Å². The molecule has 0 saturated heterocycles. The van der Waals surface area contributed by atoms with E-state index in [2.05, 4.69) is 5.32 Å². The molecule has 0 radical (unpaired) electrons. The van der Waals surface area contributed by atoms with Crippen LogP contribution in [0.1, 0.15) is 10.4 Å². The summed E-state index contributed by atoms with van der Waals surface area (Å²) in [5.41, 5.74) is -0.0813. The van der Waals surface area contributed by atoms with Crippen LogP contribution in [0.4, 0.5) is 0 Å². The molecule has 1 aliphatic rings. The molecule has 0 aliphatic carbocycles. The van der Waals surface area contributed by atoms with Crippen LogP contribution in [-0.4, -0.2) is 45.9 Å². The average molecular weight is 276 g/mol. The van der Waals surface area contributed by atoms with Crippen molar-refractivity contribution in [2.24, 2.45) is 0 Å². The summed E-state index contributed by atoms with van der Waals surface area (Å²) in [6.07, 6.45) is 2.32. The molecule has 1 aromatic carbocycles. The van der Waals surface area contributed by atoms with E-state index < -0.39 is 29.2 Å². The number of rotatable bonds is 4. The van der Waals surface area contributed by atoms with Crippen LogP contribution in [0.25, 0.3) is 0 Å². The number of phenolic OH excluding ortho intramolecular Hbond substituents is 2. The van der Waals surface area contributed by atoms with Crippen molar-refractivity contribution in [3.8, 4) is 11.5 Å². The quantitative estimate of drug-likeness (QED) is 0.519. The van der Waals surface area contributed by atoms with Crippen molar-refractivity contribution < 1.29 is 24.6 Å². The van der Waals surface area contributed by atoms with Crippen molar-refractivity contribution in [3.63, 3.8) is 0 Å². The van der Waals surface area contributed by atoms with Gasteiger partial charge in [0.05, 0.1) is 5.56 Å². The summed E-state index contributed by atoms with van der Waals surface area (Å²) in [6, 6.07) is 4.01. The third kappa shape index (κ3) is 2.61. The molecule has 0 bridgehead atoms. The maximum Gasteiger partial charge on any atom is 0.255 e. The van der Waals surface area contributed by atoms with E-state index in [1.165, 1.54) is 18.2 Å². The molecule has 1 aliphatic heterocycles. The molecule has 1 heterocycles. The number of phenols is 2. The largest absolute Gasteiger partial charge is 0.504 e. The maximum absolute atomic E-state index is 11.8. The predicted octanol–water partition coefficient (Wildman–Crippen LogP) is -0.247. The van der Waals surface area contributed by atoms with Gasteiger partial charge >= 0.3 is 0 Å². The summed E-state index contributed by atoms with van der Waals surface area (Å²) < 4.78 is 0. The number of hydrogen-bond donors (Lipinski definition) is 3. The Hall–Kier alpha value is -2.83. The lowest BCUT2D eigenvalue weighted by Crippen LogP contribution is -2.38. The Labute approximate surface area is 114 Å². The second-order valence-electron chi connectivity index (χ2n) is 4.09. The smallest absolute Gasteiger partial charge is 0.255 e. The van der Waals surface area contributed by atoms with Gasteiger partial charge in [0.1, 0.15) is 0 Å². The van der Waals surface area contributed by atoms with E-state index in [1.807, 2.05) is 0 Å². The molecule has 0 saturated carbocycles. The van der Waals surface area contributed by atoms with Gasteiger partial charge in [-0.05, 0) is 12.1 Å². The van der Waals surface area contributed by atoms with Crippen LogP contribution in [0.5, 0.6) is 11.5 Å². The van der Waals surface area contributed by atoms with E-state index in [-0.39, 0.29) is 18.7 Å². The van der Waals surface area contributed by atoms with Crippen molar-refractivity contribution in [3.05, 3.63) is 35.9 Å². The normalized spacial score (nSPS) is 13.9. The number of aromatic hydroxyl groups is 2. The van der Waals surface area contributed by atoms with Gasteiger partial charge in [0, 0.05) is 25.2 Å². The molecule has 0 atom stereocenters. The van der Waals surface area contributed by atoms with Gasteiger partial charge in [0.2, 0.25) is 0 Å². The molecule has 1 aromatic rings. The molecule has 3 amide bonds. The minimum atomic E-state index is -0.606. The SMILES string of the molecule is O=C(NCCN1C(=O)C=CC1=O)c1cccc(O)c1O. The molecular formula is C13H12N2O5. The Morgan fingerprint density at radius 3 is 2.45 bits per heavy atom. The maximum atomic E-state index is 11.8. The summed E-state index contributed by atoms with van der Waals surface area (Å²) in [6.45, 7) is 0.0864. The molecule has 20 heavy (non-hydrogen) atoms.